The number of hydrogen-bond acceptors (Lipinski definition) is 3. The van der Waals surface area contributed by atoms with Crippen LogP contribution in [0.2, 0.25) is 0 Å². The third-order valence-corrected chi connectivity index (χ3v) is 6.75. The molecule has 0 radical (unpaired) electrons. The van der Waals surface area contributed by atoms with E-state index in [9.17, 15) is 0 Å². The van der Waals surface area contributed by atoms with Crippen LogP contribution in [0.1, 0.15) is 89.1 Å². The summed E-state index contributed by atoms with van der Waals surface area (Å²) in [6.45, 7) is 17.6. The molecular formula is C27H37N5. The molecule has 0 saturated heterocycles. The minimum atomic E-state index is 0.335. The summed E-state index contributed by atoms with van der Waals surface area (Å²) in [5, 5.41) is 0. The molecule has 0 N–H and O–H groups in total. The molecule has 32 heavy (non-hydrogen) atoms. The van der Waals surface area contributed by atoms with Gasteiger partial charge in [0.15, 0.2) is 5.65 Å². The summed E-state index contributed by atoms with van der Waals surface area (Å²) in [5.41, 5.74) is 9.96. The van der Waals surface area contributed by atoms with Crippen LogP contribution in [-0.2, 0) is 12.8 Å². The Morgan fingerprint density at radius 2 is 1.59 bits per heavy atom. The quantitative estimate of drug-likeness (QED) is 0.313. The predicted octanol–water partition coefficient (Wildman–Crippen LogP) is 7.13. The van der Waals surface area contributed by atoms with E-state index < -0.39 is 0 Å². The third-order valence-electron chi connectivity index (χ3n) is 6.75. The Kier molecular flexibility index (Phi) is 6.11. The summed E-state index contributed by atoms with van der Waals surface area (Å²) in [4.78, 5) is 15.3. The largest absolute Gasteiger partial charge is 0.343 e. The van der Waals surface area contributed by atoms with Gasteiger partial charge >= 0.3 is 0 Å². The number of aromatic nitrogens is 5. The third kappa shape index (κ3) is 3.52. The Hall–Kier alpha value is -2.69. The maximum Gasteiger partial charge on any atom is 0.160 e. The minimum Gasteiger partial charge on any atom is -0.343 e. The van der Waals surface area contributed by atoms with Gasteiger partial charge in [-0.1, -0.05) is 27.7 Å². The SMILES string of the molecule is CCc1nc2c(cc1-c1nc3c(C)cn(C(CC)CC)c3cc1C)nc(CC)n2C(C)C. The zero-order chi connectivity index (χ0) is 23.2. The molecule has 0 aliphatic heterocycles. The van der Waals surface area contributed by atoms with Crippen LogP contribution in [0.25, 0.3) is 33.5 Å². The summed E-state index contributed by atoms with van der Waals surface area (Å²) in [5.74, 6) is 1.10. The minimum absolute atomic E-state index is 0.335. The van der Waals surface area contributed by atoms with Crippen molar-refractivity contribution in [2.45, 2.75) is 93.2 Å². The van der Waals surface area contributed by atoms with Gasteiger partial charge in [-0.3, -0.25) is 0 Å². The van der Waals surface area contributed by atoms with Crippen molar-refractivity contribution in [3.05, 3.63) is 41.0 Å². The first kappa shape index (κ1) is 22.5. The van der Waals surface area contributed by atoms with Gasteiger partial charge in [0, 0.05) is 30.3 Å². The van der Waals surface area contributed by atoms with Crippen LogP contribution >= 0.6 is 0 Å². The van der Waals surface area contributed by atoms with Crippen molar-refractivity contribution in [3.63, 3.8) is 0 Å². The normalized spacial score (nSPS) is 12.2. The summed E-state index contributed by atoms with van der Waals surface area (Å²) in [7, 11) is 0. The first-order valence-electron chi connectivity index (χ1n) is 12.2. The molecule has 0 aliphatic carbocycles. The fourth-order valence-corrected chi connectivity index (χ4v) is 5.05. The van der Waals surface area contributed by atoms with E-state index in [2.05, 4.69) is 82.9 Å². The van der Waals surface area contributed by atoms with Crippen molar-refractivity contribution in [3.8, 4) is 11.3 Å². The van der Waals surface area contributed by atoms with Crippen molar-refractivity contribution in [2.24, 2.45) is 0 Å². The van der Waals surface area contributed by atoms with E-state index >= 15 is 0 Å². The van der Waals surface area contributed by atoms with Gasteiger partial charge in [-0.05, 0) is 70.2 Å². The van der Waals surface area contributed by atoms with Crippen molar-refractivity contribution < 1.29 is 0 Å². The standard InChI is InChI=1S/C27H37N5/c1-9-19(10-2)31-15-18(8)26-23(31)13-17(7)25(30-26)20-14-22-27(29-21(20)11-3)32(16(5)6)24(12-4)28-22/h13-16,19H,9-12H2,1-8H3. The first-order valence-corrected chi connectivity index (χ1v) is 12.2. The van der Waals surface area contributed by atoms with E-state index in [0.29, 0.717) is 12.1 Å². The van der Waals surface area contributed by atoms with Gasteiger partial charge < -0.3 is 9.13 Å². The summed E-state index contributed by atoms with van der Waals surface area (Å²) < 4.78 is 4.70. The maximum atomic E-state index is 5.22. The molecule has 0 unspecified atom stereocenters. The van der Waals surface area contributed by atoms with Crippen LogP contribution < -0.4 is 0 Å². The lowest BCUT2D eigenvalue weighted by molar-refractivity contribution is 0.485. The van der Waals surface area contributed by atoms with Gasteiger partial charge in [-0.2, -0.15) is 0 Å². The van der Waals surface area contributed by atoms with Gasteiger partial charge in [-0.15, -0.1) is 0 Å². The summed E-state index contributed by atoms with van der Waals surface area (Å²) in [6.07, 6.45) is 6.29. The summed E-state index contributed by atoms with van der Waals surface area (Å²) in [6, 6.07) is 5.38. The van der Waals surface area contributed by atoms with Gasteiger partial charge in [0.1, 0.15) is 11.3 Å². The van der Waals surface area contributed by atoms with Crippen molar-refractivity contribution in [1.82, 2.24) is 24.1 Å². The van der Waals surface area contributed by atoms with Gasteiger partial charge in [0.05, 0.1) is 22.4 Å². The fraction of sp³-hybridized carbons (Fsp3) is 0.519. The van der Waals surface area contributed by atoms with Gasteiger partial charge in [0.25, 0.3) is 0 Å². The number of pyridine rings is 2. The molecular weight excluding hydrogens is 394 g/mol. The topological polar surface area (TPSA) is 48.5 Å². The van der Waals surface area contributed by atoms with Crippen LogP contribution in [-0.4, -0.2) is 24.1 Å². The second-order valence-electron chi connectivity index (χ2n) is 9.24. The van der Waals surface area contributed by atoms with Crippen LogP contribution in [0.5, 0.6) is 0 Å². The Bertz CT molecular complexity index is 1270. The maximum absolute atomic E-state index is 5.22. The molecule has 0 atom stereocenters. The summed E-state index contributed by atoms with van der Waals surface area (Å²) >= 11 is 0. The zero-order valence-corrected chi connectivity index (χ0v) is 21.0. The van der Waals surface area contributed by atoms with E-state index in [0.717, 1.165) is 65.1 Å². The van der Waals surface area contributed by atoms with E-state index in [1.54, 1.807) is 0 Å². The number of nitrogens with zero attached hydrogens (tertiary/aromatic N) is 5. The molecule has 170 valence electrons. The molecule has 0 aromatic carbocycles. The molecule has 0 amide bonds. The molecule has 4 aromatic rings. The number of hydrogen-bond donors (Lipinski definition) is 0. The first-order chi connectivity index (χ1) is 15.3. The monoisotopic (exact) mass is 431 g/mol. The molecule has 4 heterocycles. The molecule has 4 rings (SSSR count). The van der Waals surface area contributed by atoms with E-state index in [-0.39, 0.29) is 0 Å². The van der Waals surface area contributed by atoms with Crippen LogP contribution in [0.15, 0.2) is 18.3 Å². The van der Waals surface area contributed by atoms with Crippen molar-refractivity contribution in [2.75, 3.05) is 0 Å². The predicted molar refractivity (Wildman–Crippen MR) is 134 cm³/mol. The highest BCUT2D eigenvalue weighted by Gasteiger charge is 2.20. The lowest BCUT2D eigenvalue weighted by Crippen LogP contribution is -2.07. The number of aryl methyl sites for hydroxylation is 4. The molecule has 0 spiro atoms. The highest BCUT2D eigenvalue weighted by atomic mass is 15.1. The highest BCUT2D eigenvalue weighted by molar-refractivity contribution is 5.87. The molecule has 5 heteroatoms. The number of rotatable bonds is 7. The molecule has 0 bridgehead atoms. The zero-order valence-electron chi connectivity index (χ0n) is 21.0. The fourth-order valence-electron chi connectivity index (χ4n) is 5.05. The highest BCUT2D eigenvalue weighted by Crippen LogP contribution is 2.34. The lowest BCUT2D eigenvalue weighted by atomic mass is 10.0. The Morgan fingerprint density at radius 3 is 2.19 bits per heavy atom. The molecule has 5 nitrogen and oxygen atoms in total. The van der Waals surface area contributed by atoms with Crippen LogP contribution in [0.4, 0.5) is 0 Å². The van der Waals surface area contributed by atoms with Crippen LogP contribution in [0, 0.1) is 13.8 Å². The van der Waals surface area contributed by atoms with Crippen LogP contribution in [0.3, 0.4) is 0 Å². The average Bonchev–Trinajstić information content (AvgIpc) is 3.30. The second kappa shape index (κ2) is 8.68. The smallest absolute Gasteiger partial charge is 0.160 e. The Labute approximate surface area is 191 Å². The number of fused-ring (bicyclic) bond motifs is 2. The molecule has 0 aliphatic rings. The number of imidazole rings is 1. The van der Waals surface area contributed by atoms with Crippen molar-refractivity contribution in [1.29, 1.82) is 0 Å². The molecule has 4 aromatic heterocycles. The lowest BCUT2D eigenvalue weighted by Gasteiger charge is -2.17. The van der Waals surface area contributed by atoms with Crippen molar-refractivity contribution >= 4 is 22.2 Å². The van der Waals surface area contributed by atoms with E-state index in [4.69, 9.17) is 15.0 Å². The van der Waals surface area contributed by atoms with E-state index in [1.165, 1.54) is 16.6 Å². The van der Waals surface area contributed by atoms with Gasteiger partial charge in [0.2, 0.25) is 0 Å². The van der Waals surface area contributed by atoms with Gasteiger partial charge in [-0.25, -0.2) is 15.0 Å². The van der Waals surface area contributed by atoms with E-state index in [1.807, 2.05) is 0 Å². The molecule has 0 saturated carbocycles. The second-order valence-corrected chi connectivity index (χ2v) is 9.24. The average molecular weight is 432 g/mol. The Morgan fingerprint density at radius 1 is 0.875 bits per heavy atom. The Balaban J connectivity index is 1.96. The molecule has 0 fully saturated rings.